The van der Waals surface area contributed by atoms with Crippen LogP contribution < -0.4 is 15.3 Å². The molecule has 0 radical (unpaired) electrons. The Balaban J connectivity index is 1.67. The molecule has 2 N–H and O–H groups in total. The summed E-state index contributed by atoms with van der Waals surface area (Å²) in [6, 6.07) is 6.78. The second kappa shape index (κ2) is 9.71. The van der Waals surface area contributed by atoms with Gasteiger partial charge >= 0.3 is 5.97 Å². The van der Waals surface area contributed by atoms with Gasteiger partial charge in [0.15, 0.2) is 0 Å². The summed E-state index contributed by atoms with van der Waals surface area (Å²) in [6.07, 6.45) is 14.5. The summed E-state index contributed by atoms with van der Waals surface area (Å²) in [5.74, 6) is 1.31. The SMILES string of the molecule is COc1ccc(C2CCCCC2)c2c1cc1n2C=c2c(C(=O)O)c[nH]c2=C2CCCC(CCN(C)C)[C@H]21. The molecule has 2 fully saturated rings. The number of nitrogens with zero attached hydrogens (tertiary/aromatic N) is 2. The summed E-state index contributed by atoms with van der Waals surface area (Å²) in [5.41, 5.74) is 5.61. The number of nitrogens with one attached hydrogen (secondary N) is 1. The molecule has 6 heteroatoms. The predicted molar refractivity (Wildman–Crippen MR) is 148 cm³/mol. The van der Waals surface area contributed by atoms with E-state index in [1.807, 2.05) is 0 Å². The number of aromatic amines is 1. The van der Waals surface area contributed by atoms with E-state index in [-0.39, 0.29) is 5.92 Å². The van der Waals surface area contributed by atoms with Gasteiger partial charge in [0, 0.05) is 40.0 Å². The highest BCUT2D eigenvalue weighted by atomic mass is 16.5. The minimum Gasteiger partial charge on any atom is -0.496 e. The number of ether oxygens (including phenoxy) is 1. The Morgan fingerprint density at radius 3 is 2.70 bits per heavy atom. The van der Waals surface area contributed by atoms with Crippen molar-refractivity contribution in [2.75, 3.05) is 27.7 Å². The minimum atomic E-state index is -0.879. The van der Waals surface area contributed by atoms with Crippen LogP contribution in [-0.4, -0.2) is 53.3 Å². The summed E-state index contributed by atoms with van der Waals surface area (Å²) in [5, 5.41) is 13.1. The van der Waals surface area contributed by atoms with Crippen molar-refractivity contribution in [3.05, 3.63) is 51.8 Å². The molecule has 0 spiro atoms. The fourth-order valence-corrected chi connectivity index (χ4v) is 7.40. The van der Waals surface area contributed by atoms with Gasteiger partial charge in [0.1, 0.15) is 5.75 Å². The number of methoxy groups -OCH3 is 1. The van der Waals surface area contributed by atoms with E-state index in [0.29, 0.717) is 17.4 Å². The number of hydrogen-bond donors (Lipinski definition) is 2. The third-order valence-electron chi connectivity index (χ3n) is 9.15. The lowest BCUT2D eigenvalue weighted by Gasteiger charge is -2.34. The van der Waals surface area contributed by atoms with Crippen LogP contribution in [0.5, 0.6) is 5.75 Å². The van der Waals surface area contributed by atoms with Crippen molar-refractivity contribution in [3.8, 4) is 5.75 Å². The third-order valence-corrected chi connectivity index (χ3v) is 9.15. The fourth-order valence-electron chi connectivity index (χ4n) is 7.40. The maximum atomic E-state index is 12.3. The number of benzene rings is 1. The lowest BCUT2D eigenvalue weighted by atomic mass is 9.72. The van der Waals surface area contributed by atoms with E-state index in [9.17, 15) is 9.90 Å². The molecule has 6 nitrogen and oxygen atoms in total. The monoisotopic (exact) mass is 501 g/mol. The molecule has 2 aromatic heterocycles. The lowest BCUT2D eigenvalue weighted by molar-refractivity contribution is 0.0696. The van der Waals surface area contributed by atoms with Crippen LogP contribution in [-0.2, 0) is 0 Å². The molecule has 2 atom stereocenters. The number of aromatic nitrogens is 2. The standard InChI is InChI=1S/C31H39N3O3/c1-33(2)15-14-20-10-7-11-22-28(20)26-16-23-27(37-3)13-12-21(19-8-5-4-6-9-19)30(23)34(26)18-25-24(31(35)36)17-32-29(22)25/h12-13,16-20,28,32H,4-11,14-15H2,1-3H3,(H,35,36)/t20?,28-/m1/s1. The van der Waals surface area contributed by atoms with Gasteiger partial charge in [0.05, 0.1) is 18.2 Å². The highest BCUT2D eigenvalue weighted by Gasteiger charge is 2.36. The van der Waals surface area contributed by atoms with Crippen molar-refractivity contribution in [1.29, 1.82) is 0 Å². The van der Waals surface area contributed by atoms with Crippen LogP contribution in [0.1, 0.15) is 91.2 Å². The summed E-state index contributed by atoms with van der Waals surface area (Å²) in [7, 11) is 6.05. The van der Waals surface area contributed by atoms with Gasteiger partial charge in [0.25, 0.3) is 0 Å². The van der Waals surface area contributed by atoms with E-state index in [2.05, 4.69) is 52.9 Å². The zero-order chi connectivity index (χ0) is 25.7. The van der Waals surface area contributed by atoms with Crippen LogP contribution in [0.25, 0.3) is 22.7 Å². The number of fused-ring (bicyclic) bond motifs is 6. The number of carboxylic acids is 1. The van der Waals surface area contributed by atoms with Crippen molar-refractivity contribution in [3.63, 3.8) is 0 Å². The molecule has 1 aliphatic heterocycles. The fraction of sp³-hybridized carbons (Fsp3) is 0.516. The zero-order valence-corrected chi connectivity index (χ0v) is 22.3. The van der Waals surface area contributed by atoms with Crippen molar-refractivity contribution in [2.24, 2.45) is 5.92 Å². The highest BCUT2D eigenvalue weighted by Crippen LogP contribution is 2.48. The largest absolute Gasteiger partial charge is 0.496 e. The molecule has 1 aromatic carbocycles. The van der Waals surface area contributed by atoms with Gasteiger partial charge in [-0.3, -0.25) is 0 Å². The minimum absolute atomic E-state index is 0.253. The van der Waals surface area contributed by atoms with Crippen molar-refractivity contribution < 1.29 is 14.6 Å². The van der Waals surface area contributed by atoms with Gasteiger partial charge in [-0.15, -0.1) is 0 Å². The van der Waals surface area contributed by atoms with Crippen molar-refractivity contribution in [1.82, 2.24) is 14.5 Å². The van der Waals surface area contributed by atoms with Crippen LogP contribution in [0.15, 0.2) is 24.4 Å². The molecule has 3 aromatic rings. The number of carbonyl (C=O) groups is 1. The molecule has 1 unspecified atom stereocenters. The first kappa shape index (κ1) is 24.4. The van der Waals surface area contributed by atoms with Gasteiger partial charge in [-0.05, 0) is 94.3 Å². The molecule has 0 amide bonds. The van der Waals surface area contributed by atoms with Crippen LogP contribution in [0.3, 0.4) is 0 Å². The molecule has 196 valence electrons. The van der Waals surface area contributed by atoms with E-state index >= 15 is 0 Å². The second-order valence-corrected chi connectivity index (χ2v) is 11.6. The number of aromatic carboxylic acids is 1. The summed E-state index contributed by atoms with van der Waals surface area (Å²) >= 11 is 0. The molecule has 37 heavy (non-hydrogen) atoms. The Morgan fingerprint density at radius 1 is 1.16 bits per heavy atom. The Hall–Kier alpha value is -2.99. The van der Waals surface area contributed by atoms with E-state index in [1.165, 1.54) is 60.9 Å². The molecule has 2 aliphatic carbocycles. The van der Waals surface area contributed by atoms with Crippen LogP contribution in [0, 0.1) is 5.92 Å². The number of carboxylic acid groups (broad SMARTS) is 1. The van der Waals surface area contributed by atoms with E-state index in [4.69, 9.17) is 4.74 Å². The van der Waals surface area contributed by atoms with Gasteiger partial charge in [-0.1, -0.05) is 25.3 Å². The van der Waals surface area contributed by atoms with Gasteiger partial charge in [-0.25, -0.2) is 4.79 Å². The number of hydrogen-bond acceptors (Lipinski definition) is 3. The molecule has 3 heterocycles. The molecule has 3 aliphatic rings. The molecule has 0 bridgehead atoms. The summed E-state index contributed by atoms with van der Waals surface area (Å²) in [6.45, 7) is 1.05. The summed E-state index contributed by atoms with van der Waals surface area (Å²) in [4.78, 5) is 18.0. The molecular formula is C31H39N3O3. The smallest absolute Gasteiger partial charge is 0.337 e. The first-order chi connectivity index (χ1) is 18.0. The number of H-pyrrole nitrogens is 1. The average Bonchev–Trinajstić information content (AvgIpc) is 3.46. The predicted octanol–water partition coefficient (Wildman–Crippen LogP) is 5.01. The van der Waals surface area contributed by atoms with Crippen molar-refractivity contribution >= 4 is 28.6 Å². The third kappa shape index (κ3) is 4.10. The Morgan fingerprint density at radius 2 is 1.97 bits per heavy atom. The quantitative estimate of drug-likeness (QED) is 0.498. The van der Waals surface area contributed by atoms with E-state index in [0.717, 1.165) is 47.5 Å². The van der Waals surface area contributed by atoms with Crippen molar-refractivity contribution in [2.45, 2.75) is 69.6 Å². The highest BCUT2D eigenvalue weighted by molar-refractivity contribution is 5.94. The maximum Gasteiger partial charge on any atom is 0.337 e. The zero-order valence-electron chi connectivity index (χ0n) is 22.3. The maximum absolute atomic E-state index is 12.3. The van der Waals surface area contributed by atoms with E-state index in [1.54, 1.807) is 13.3 Å². The topological polar surface area (TPSA) is 70.5 Å². The van der Waals surface area contributed by atoms with E-state index < -0.39 is 5.97 Å². The lowest BCUT2D eigenvalue weighted by Crippen LogP contribution is -2.33. The number of rotatable bonds is 6. The molecule has 0 saturated heterocycles. The van der Waals surface area contributed by atoms with Gasteiger partial charge < -0.3 is 24.3 Å². The van der Waals surface area contributed by atoms with Gasteiger partial charge in [-0.2, -0.15) is 0 Å². The first-order valence-corrected chi connectivity index (χ1v) is 14.0. The Bertz CT molecular complexity index is 1450. The van der Waals surface area contributed by atoms with Crippen LogP contribution >= 0.6 is 0 Å². The normalized spacial score (nSPS) is 21.8. The van der Waals surface area contributed by atoms with Crippen LogP contribution in [0.2, 0.25) is 0 Å². The average molecular weight is 502 g/mol. The molecule has 6 rings (SSSR count). The molecular weight excluding hydrogens is 462 g/mol. The van der Waals surface area contributed by atoms with Gasteiger partial charge in [0.2, 0.25) is 0 Å². The Labute approximate surface area is 218 Å². The summed E-state index contributed by atoms with van der Waals surface area (Å²) < 4.78 is 8.26. The first-order valence-electron chi connectivity index (χ1n) is 14.0. The Kier molecular flexibility index (Phi) is 6.39. The van der Waals surface area contributed by atoms with Crippen LogP contribution in [0.4, 0.5) is 0 Å². The second-order valence-electron chi connectivity index (χ2n) is 11.6. The molecule has 2 saturated carbocycles.